The van der Waals surface area contributed by atoms with Gasteiger partial charge in [0.05, 0.1) is 18.5 Å². The largest absolute Gasteiger partial charge is 0.494 e. The van der Waals surface area contributed by atoms with Gasteiger partial charge in [-0.15, -0.1) is 11.3 Å². The fourth-order valence-corrected chi connectivity index (χ4v) is 5.68. The van der Waals surface area contributed by atoms with Crippen LogP contribution in [0.2, 0.25) is 0 Å². The fourth-order valence-electron chi connectivity index (χ4n) is 4.71. The molecule has 3 aromatic rings. The summed E-state index contributed by atoms with van der Waals surface area (Å²) in [6, 6.07) is 8.27. The molecule has 0 spiro atoms. The number of rotatable bonds is 4. The van der Waals surface area contributed by atoms with Gasteiger partial charge in [0.15, 0.2) is 0 Å². The monoisotopic (exact) mass is 425 g/mol. The maximum atomic E-state index is 13.0. The Balaban J connectivity index is 1.52. The van der Waals surface area contributed by atoms with Crippen LogP contribution in [0.15, 0.2) is 29.6 Å². The van der Waals surface area contributed by atoms with Gasteiger partial charge in [0, 0.05) is 43.7 Å². The Morgan fingerprint density at radius 1 is 1.37 bits per heavy atom. The number of nitrogens with one attached hydrogen (secondary N) is 1. The zero-order chi connectivity index (χ0) is 21.0. The molecule has 4 heterocycles. The summed E-state index contributed by atoms with van der Waals surface area (Å²) in [6.07, 6.45) is 0.821. The van der Waals surface area contributed by atoms with Crippen LogP contribution >= 0.6 is 11.3 Å². The zero-order valence-electron chi connectivity index (χ0n) is 17.5. The number of aromatic nitrogens is 1. The maximum Gasteiger partial charge on any atom is 0.254 e. The highest BCUT2D eigenvalue weighted by Gasteiger charge is 2.34. The van der Waals surface area contributed by atoms with Crippen LogP contribution < -0.4 is 20.7 Å². The second kappa shape index (κ2) is 7.21. The van der Waals surface area contributed by atoms with Gasteiger partial charge in [-0.2, -0.15) is 0 Å². The van der Waals surface area contributed by atoms with E-state index in [4.69, 9.17) is 10.5 Å². The predicted octanol–water partition coefficient (Wildman–Crippen LogP) is 3.47. The third-order valence-electron chi connectivity index (χ3n) is 6.22. The van der Waals surface area contributed by atoms with Crippen molar-refractivity contribution >= 4 is 38.8 Å². The Hall–Kier alpha value is -2.71. The minimum absolute atomic E-state index is 0.00870. The lowest BCUT2D eigenvalue weighted by Crippen LogP contribution is -2.31. The Morgan fingerprint density at radius 2 is 2.20 bits per heavy atom. The number of nitrogens with two attached hydrogens (primary N) is 1. The van der Waals surface area contributed by atoms with Crippen molar-refractivity contribution in [2.24, 2.45) is 5.73 Å². The van der Waals surface area contributed by atoms with Crippen LogP contribution in [0.25, 0.3) is 10.2 Å². The van der Waals surface area contributed by atoms with Crippen LogP contribution in [-0.4, -0.2) is 48.7 Å². The molecule has 7 nitrogen and oxygen atoms in total. The molecule has 30 heavy (non-hydrogen) atoms. The minimum Gasteiger partial charge on any atom is -0.494 e. The molecule has 3 N–H and O–H groups in total. The quantitative estimate of drug-likeness (QED) is 0.670. The molecule has 0 radical (unpaired) electrons. The summed E-state index contributed by atoms with van der Waals surface area (Å²) < 4.78 is 8.06. The van der Waals surface area contributed by atoms with Crippen molar-refractivity contribution in [3.63, 3.8) is 0 Å². The number of fused-ring (bicyclic) bond motifs is 2. The molecule has 2 atom stereocenters. The molecular weight excluding hydrogens is 398 g/mol. The number of ether oxygens (including phenoxy) is 1. The van der Waals surface area contributed by atoms with Crippen molar-refractivity contribution in [1.82, 2.24) is 9.47 Å². The third-order valence-corrected chi connectivity index (χ3v) is 7.17. The van der Waals surface area contributed by atoms with Crippen molar-refractivity contribution in [1.29, 1.82) is 0 Å². The SMILES string of the molecule is CCn1c(C2Nc3cc(C(=O)N4CC[C@@H](N)C4)cc(OC)c3N2C)cc2ccsc21. The van der Waals surface area contributed by atoms with Crippen LogP contribution in [0.5, 0.6) is 5.75 Å². The highest BCUT2D eigenvalue weighted by Crippen LogP contribution is 2.47. The van der Waals surface area contributed by atoms with Gasteiger partial charge in [0.2, 0.25) is 0 Å². The maximum absolute atomic E-state index is 13.0. The van der Waals surface area contributed by atoms with Crippen LogP contribution in [0, 0.1) is 0 Å². The first-order chi connectivity index (χ1) is 14.5. The van der Waals surface area contributed by atoms with Gasteiger partial charge >= 0.3 is 0 Å². The van der Waals surface area contributed by atoms with Gasteiger partial charge in [-0.05, 0) is 43.0 Å². The number of amides is 1. The van der Waals surface area contributed by atoms with E-state index >= 15 is 0 Å². The second-order valence-corrected chi connectivity index (χ2v) is 8.92. The smallest absolute Gasteiger partial charge is 0.254 e. The Bertz CT molecular complexity index is 1120. The van der Waals surface area contributed by atoms with Crippen molar-refractivity contribution in [3.05, 3.63) is 40.9 Å². The Labute approximate surface area is 180 Å². The number of hydrogen-bond acceptors (Lipinski definition) is 6. The lowest BCUT2D eigenvalue weighted by Gasteiger charge is -2.24. The third kappa shape index (κ3) is 2.86. The van der Waals surface area contributed by atoms with Crippen molar-refractivity contribution in [2.45, 2.75) is 32.1 Å². The van der Waals surface area contributed by atoms with E-state index < -0.39 is 0 Å². The zero-order valence-corrected chi connectivity index (χ0v) is 18.3. The molecule has 2 aliphatic rings. The number of hydrogen-bond donors (Lipinski definition) is 2. The number of nitrogens with zero attached hydrogens (tertiary/aromatic N) is 3. The van der Waals surface area contributed by atoms with Crippen LogP contribution in [0.1, 0.15) is 35.6 Å². The summed E-state index contributed by atoms with van der Waals surface area (Å²) in [6.45, 7) is 4.38. The molecule has 0 bridgehead atoms. The summed E-state index contributed by atoms with van der Waals surface area (Å²) >= 11 is 1.76. The Kier molecular flexibility index (Phi) is 4.63. The van der Waals surface area contributed by atoms with Gasteiger partial charge in [0.1, 0.15) is 22.4 Å². The number of anilines is 2. The van der Waals surface area contributed by atoms with Gasteiger partial charge in [-0.1, -0.05) is 0 Å². The average molecular weight is 426 g/mol. The molecule has 1 saturated heterocycles. The van der Waals surface area contributed by atoms with E-state index in [9.17, 15) is 4.79 Å². The van der Waals surface area contributed by atoms with Crippen molar-refractivity contribution in [3.8, 4) is 5.75 Å². The first-order valence-corrected chi connectivity index (χ1v) is 11.2. The number of thiophene rings is 1. The molecule has 1 amide bonds. The van der Waals surface area contributed by atoms with Gasteiger partial charge < -0.3 is 30.2 Å². The summed E-state index contributed by atoms with van der Waals surface area (Å²) in [5, 5.41) is 7.02. The highest BCUT2D eigenvalue weighted by molar-refractivity contribution is 7.16. The van der Waals surface area contributed by atoms with Crippen LogP contribution in [0.3, 0.4) is 0 Å². The molecule has 158 valence electrons. The second-order valence-electron chi connectivity index (χ2n) is 8.03. The van der Waals surface area contributed by atoms with Crippen molar-refractivity contribution in [2.75, 3.05) is 37.5 Å². The van der Waals surface area contributed by atoms with E-state index in [0.29, 0.717) is 24.4 Å². The fraction of sp³-hybridized carbons (Fsp3) is 0.409. The molecule has 1 fully saturated rings. The van der Waals surface area contributed by atoms with Gasteiger partial charge in [0.25, 0.3) is 5.91 Å². The van der Waals surface area contributed by atoms with Crippen LogP contribution in [0.4, 0.5) is 11.4 Å². The lowest BCUT2D eigenvalue weighted by molar-refractivity contribution is 0.0790. The van der Waals surface area contributed by atoms with Gasteiger partial charge in [-0.3, -0.25) is 4.79 Å². The van der Waals surface area contributed by atoms with E-state index in [0.717, 1.165) is 24.3 Å². The molecule has 1 aromatic carbocycles. The molecule has 0 saturated carbocycles. The summed E-state index contributed by atoms with van der Waals surface area (Å²) in [4.78, 5) is 18.4. The average Bonchev–Trinajstić information content (AvgIpc) is 3.50. The van der Waals surface area contributed by atoms with E-state index in [1.165, 1.54) is 15.9 Å². The van der Waals surface area contributed by atoms with Crippen molar-refractivity contribution < 1.29 is 9.53 Å². The summed E-state index contributed by atoms with van der Waals surface area (Å²) in [5.74, 6) is 0.711. The molecule has 2 aromatic heterocycles. The van der Waals surface area contributed by atoms with E-state index in [1.807, 2.05) is 17.0 Å². The number of carbonyl (C=O) groups is 1. The number of likely N-dealkylation sites (tertiary alicyclic amines) is 1. The lowest BCUT2D eigenvalue weighted by atomic mass is 10.1. The Morgan fingerprint density at radius 3 is 2.90 bits per heavy atom. The van der Waals surface area contributed by atoms with E-state index in [-0.39, 0.29) is 18.1 Å². The summed E-state index contributed by atoms with van der Waals surface area (Å²) in [5.41, 5.74) is 9.73. The number of methoxy groups -OCH3 is 1. The number of carbonyl (C=O) groups excluding carboxylic acids is 1. The molecular formula is C22H27N5O2S. The first-order valence-electron chi connectivity index (χ1n) is 10.3. The van der Waals surface area contributed by atoms with Gasteiger partial charge in [-0.25, -0.2) is 0 Å². The molecule has 5 rings (SSSR count). The van der Waals surface area contributed by atoms with Crippen LogP contribution in [-0.2, 0) is 6.54 Å². The van der Waals surface area contributed by atoms with E-state index in [2.05, 4.69) is 46.3 Å². The normalized spacial score (nSPS) is 20.7. The topological polar surface area (TPSA) is 75.8 Å². The highest BCUT2D eigenvalue weighted by atomic mass is 32.1. The van der Waals surface area contributed by atoms with E-state index in [1.54, 1.807) is 18.4 Å². The standard InChI is InChI=1S/C22H27N5O2S/c1-4-27-17(10-13-6-8-30-22(13)27)20-24-16-9-14(11-18(29-3)19(16)25(20)2)21(28)26-7-5-15(23)12-26/h6,8-11,15,20,24H,4-5,7,12,23H2,1-3H3/t15-,20?/m1/s1. The minimum atomic E-state index is -0.0287. The number of aryl methyl sites for hydroxylation is 1. The first kappa shape index (κ1) is 19.3. The summed E-state index contributed by atoms with van der Waals surface area (Å²) in [7, 11) is 3.72. The molecule has 0 aliphatic carbocycles. The predicted molar refractivity (Wildman–Crippen MR) is 122 cm³/mol. The number of benzene rings is 1. The molecule has 8 heteroatoms. The molecule has 1 unspecified atom stereocenters. The molecule has 2 aliphatic heterocycles.